The Bertz CT molecular complexity index is 907. The number of allylic oxidation sites excluding steroid dienone is 4. The first-order chi connectivity index (χ1) is 27.8. The van der Waals surface area contributed by atoms with E-state index in [1.807, 2.05) is 0 Å². The molecule has 6 heteroatoms. The molecule has 0 aliphatic rings. The van der Waals surface area contributed by atoms with E-state index >= 15 is 0 Å². The highest BCUT2D eigenvalue weighted by Gasteiger charge is 2.15. The number of ketones is 1. The molecule has 0 aromatic heterocycles. The van der Waals surface area contributed by atoms with Gasteiger partial charge in [0.15, 0.2) is 0 Å². The van der Waals surface area contributed by atoms with Crippen molar-refractivity contribution in [2.24, 2.45) is 11.8 Å². The second kappa shape index (κ2) is 42.2. The Labute approximate surface area is 354 Å². The van der Waals surface area contributed by atoms with E-state index in [4.69, 9.17) is 9.47 Å². The fourth-order valence-corrected chi connectivity index (χ4v) is 7.42. The summed E-state index contributed by atoms with van der Waals surface area (Å²) in [6.07, 6.45) is 43.9. The van der Waals surface area contributed by atoms with Crippen LogP contribution in [0.15, 0.2) is 24.3 Å². The number of unbranched alkanes of at least 4 members (excludes halogenated alkanes) is 16. The third kappa shape index (κ3) is 38.0. The van der Waals surface area contributed by atoms with Crippen LogP contribution in [0.2, 0.25) is 0 Å². The molecule has 1 atom stereocenters. The molecule has 0 saturated heterocycles. The van der Waals surface area contributed by atoms with Gasteiger partial charge in [0, 0.05) is 25.7 Å². The molecule has 0 saturated carbocycles. The number of nitrogens with zero attached hydrogens (tertiary/aromatic N) is 1. The molecule has 0 aromatic carbocycles. The van der Waals surface area contributed by atoms with Gasteiger partial charge in [-0.2, -0.15) is 0 Å². The smallest absolute Gasteiger partial charge is 0.306 e. The Kier molecular flexibility index (Phi) is 40.7. The van der Waals surface area contributed by atoms with Crippen LogP contribution in [0.25, 0.3) is 0 Å². The number of hydrogen-bond acceptors (Lipinski definition) is 6. The number of Topliss-reactive ketones (excluding diaryl/α,β-unsaturated/α-hetero) is 1. The van der Waals surface area contributed by atoms with E-state index in [-0.39, 0.29) is 18.0 Å². The van der Waals surface area contributed by atoms with Crippen molar-refractivity contribution in [2.45, 2.75) is 246 Å². The molecule has 0 bridgehead atoms. The number of esters is 2. The van der Waals surface area contributed by atoms with Gasteiger partial charge in [0.2, 0.25) is 0 Å². The molecule has 0 aromatic rings. The molecule has 1 unspecified atom stereocenters. The molecule has 0 N–H and O–H groups in total. The minimum Gasteiger partial charge on any atom is -0.465 e. The van der Waals surface area contributed by atoms with Crippen molar-refractivity contribution in [3.05, 3.63) is 24.3 Å². The van der Waals surface area contributed by atoms with Crippen molar-refractivity contribution in [3.8, 4) is 0 Å². The Morgan fingerprint density at radius 1 is 0.474 bits per heavy atom. The third-order valence-corrected chi connectivity index (χ3v) is 12.1. The maximum Gasteiger partial charge on any atom is 0.306 e. The molecule has 0 spiro atoms. The van der Waals surface area contributed by atoms with Crippen LogP contribution in [0.5, 0.6) is 0 Å². The van der Waals surface area contributed by atoms with Crippen LogP contribution in [0, 0.1) is 11.8 Å². The largest absolute Gasteiger partial charge is 0.465 e. The molecule has 0 amide bonds. The topological polar surface area (TPSA) is 72.9 Å². The summed E-state index contributed by atoms with van der Waals surface area (Å²) in [5.74, 6) is 1.63. The van der Waals surface area contributed by atoms with Gasteiger partial charge in [-0.1, -0.05) is 136 Å². The number of hydrogen-bond donors (Lipinski definition) is 0. The normalized spacial score (nSPS) is 12.5. The summed E-state index contributed by atoms with van der Waals surface area (Å²) in [5.41, 5.74) is 0. The van der Waals surface area contributed by atoms with Gasteiger partial charge < -0.3 is 14.4 Å². The van der Waals surface area contributed by atoms with Gasteiger partial charge in [0.05, 0.1) is 6.61 Å². The summed E-state index contributed by atoms with van der Waals surface area (Å²) in [4.78, 5) is 39.0. The molecular weight excluding hydrogens is 707 g/mol. The van der Waals surface area contributed by atoms with Crippen LogP contribution in [0.3, 0.4) is 0 Å². The molecular formula is C51H95NO5. The SMILES string of the molecule is CCC(CC)CCC(=O)CCCC/C=C\CCCCCCCCC(CCCCCCCC/C=C\CCCCC(=O)OCC(CC)CC)OC(=O)CCCN(C)CC. The lowest BCUT2D eigenvalue weighted by Gasteiger charge is -2.19. The van der Waals surface area contributed by atoms with E-state index in [0.717, 1.165) is 135 Å². The second-order valence-electron chi connectivity index (χ2n) is 17.1. The van der Waals surface area contributed by atoms with Gasteiger partial charge >= 0.3 is 11.9 Å². The van der Waals surface area contributed by atoms with Crippen molar-refractivity contribution >= 4 is 17.7 Å². The first-order valence-electron chi connectivity index (χ1n) is 24.6. The van der Waals surface area contributed by atoms with Crippen molar-refractivity contribution in [1.29, 1.82) is 0 Å². The minimum atomic E-state index is -0.0401. The number of carbonyl (C=O) groups is 3. The average molecular weight is 802 g/mol. The summed E-state index contributed by atoms with van der Waals surface area (Å²) in [6, 6.07) is 0. The zero-order valence-corrected chi connectivity index (χ0v) is 38.8. The zero-order chi connectivity index (χ0) is 42.0. The Balaban J connectivity index is 4.08. The highest BCUT2D eigenvalue weighted by Crippen LogP contribution is 2.19. The Hall–Kier alpha value is -1.95. The first-order valence-corrected chi connectivity index (χ1v) is 24.6. The van der Waals surface area contributed by atoms with E-state index in [1.165, 1.54) is 77.0 Å². The highest BCUT2D eigenvalue weighted by atomic mass is 16.5. The van der Waals surface area contributed by atoms with E-state index in [2.05, 4.69) is 70.9 Å². The maximum absolute atomic E-state index is 12.7. The fraction of sp³-hybridized carbons (Fsp3) is 0.863. The lowest BCUT2D eigenvalue weighted by molar-refractivity contribution is -0.150. The first kappa shape index (κ1) is 55.0. The van der Waals surface area contributed by atoms with Crippen LogP contribution >= 0.6 is 0 Å². The van der Waals surface area contributed by atoms with Gasteiger partial charge in [0.25, 0.3) is 0 Å². The van der Waals surface area contributed by atoms with Crippen LogP contribution < -0.4 is 0 Å². The van der Waals surface area contributed by atoms with Gasteiger partial charge in [-0.25, -0.2) is 0 Å². The molecule has 0 heterocycles. The van der Waals surface area contributed by atoms with Crippen LogP contribution in [-0.2, 0) is 23.9 Å². The van der Waals surface area contributed by atoms with E-state index in [0.29, 0.717) is 31.1 Å². The van der Waals surface area contributed by atoms with Crippen molar-refractivity contribution in [2.75, 3.05) is 26.7 Å². The van der Waals surface area contributed by atoms with Crippen LogP contribution in [0.4, 0.5) is 0 Å². The summed E-state index contributed by atoms with van der Waals surface area (Å²) in [6.45, 7) is 13.4. The van der Waals surface area contributed by atoms with Gasteiger partial charge in [-0.15, -0.1) is 0 Å². The number of ether oxygens (including phenoxy) is 2. The van der Waals surface area contributed by atoms with Crippen molar-refractivity contribution in [3.63, 3.8) is 0 Å². The standard InChI is InChI=1S/C51H95NO5/c1-7-46(8-2)42-43-48(53)37-32-28-24-20-16-12-13-17-21-25-29-33-38-49(57-51(55)41-36-44-52(6)11-5)39-34-30-26-22-18-14-15-19-23-27-31-35-40-50(54)56-45-47(9-3)10-4/h16,19-20,23,46-47,49H,7-15,17-18,21-22,24-45H2,1-6H3/b20-16-,23-19-. The molecule has 0 fully saturated rings. The van der Waals surface area contributed by atoms with Gasteiger partial charge in [-0.3, -0.25) is 14.4 Å². The molecule has 6 nitrogen and oxygen atoms in total. The molecule has 0 radical (unpaired) electrons. The molecule has 0 aliphatic carbocycles. The Morgan fingerprint density at radius 3 is 1.40 bits per heavy atom. The van der Waals surface area contributed by atoms with E-state index in [9.17, 15) is 14.4 Å². The monoisotopic (exact) mass is 802 g/mol. The molecule has 57 heavy (non-hydrogen) atoms. The predicted molar refractivity (Wildman–Crippen MR) is 245 cm³/mol. The van der Waals surface area contributed by atoms with Crippen molar-refractivity contribution < 1.29 is 23.9 Å². The lowest BCUT2D eigenvalue weighted by atomic mass is 9.95. The van der Waals surface area contributed by atoms with Crippen molar-refractivity contribution in [1.82, 2.24) is 4.90 Å². The third-order valence-electron chi connectivity index (χ3n) is 12.1. The summed E-state index contributed by atoms with van der Waals surface area (Å²) in [7, 11) is 2.10. The Morgan fingerprint density at radius 2 is 0.912 bits per heavy atom. The summed E-state index contributed by atoms with van der Waals surface area (Å²) in [5, 5.41) is 0. The zero-order valence-electron chi connectivity index (χ0n) is 38.8. The van der Waals surface area contributed by atoms with E-state index in [1.54, 1.807) is 0 Å². The van der Waals surface area contributed by atoms with Crippen LogP contribution in [-0.4, -0.2) is 55.5 Å². The fourth-order valence-electron chi connectivity index (χ4n) is 7.42. The minimum absolute atomic E-state index is 0.0124. The molecule has 0 aliphatic heterocycles. The van der Waals surface area contributed by atoms with Gasteiger partial charge in [0.1, 0.15) is 11.9 Å². The predicted octanol–water partition coefficient (Wildman–Crippen LogP) is 14.9. The second-order valence-corrected chi connectivity index (χ2v) is 17.1. The summed E-state index contributed by atoms with van der Waals surface area (Å²) >= 11 is 0. The van der Waals surface area contributed by atoms with Crippen LogP contribution in [0.1, 0.15) is 240 Å². The highest BCUT2D eigenvalue weighted by molar-refractivity contribution is 5.78. The quantitative estimate of drug-likeness (QED) is 0.0347. The average Bonchev–Trinajstić information content (AvgIpc) is 3.21. The van der Waals surface area contributed by atoms with Gasteiger partial charge in [-0.05, 0) is 135 Å². The van der Waals surface area contributed by atoms with E-state index < -0.39 is 0 Å². The number of rotatable bonds is 43. The molecule has 0 rings (SSSR count). The maximum atomic E-state index is 12.7. The number of carbonyl (C=O) groups excluding carboxylic acids is 3. The lowest BCUT2D eigenvalue weighted by Crippen LogP contribution is -2.22. The summed E-state index contributed by atoms with van der Waals surface area (Å²) < 4.78 is 11.5. The molecule has 334 valence electrons.